The summed E-state index contributed by atoms with van der Waals surface area (Å²) in [4.78, 5) is 36.1. The molecular formula is C18H26Cl3NO6. The second-order valence-electron chi connectivity index (χ2n) is 8.42. The van der Waals surface area contributed by atoms with Crippen molar-refractivity contribution in [1.82, 2.24) is 5.32 Å². The summed E-state index contributed by atoms with van der Waals surface area (Å²) >= 11 is 16.6. The zero-order valence-corrected chi connectivity index (χ0v) is 18.9. The Morgan fingerprint density at radius 1 is 0.964 bits per heavy atom. The highest BCUT2D eigenvalue weighted by atomic mass is 35.6. The second-order valence-corrected chi connectivity index (χ2v) is 10.7. The highest BCUT2D eigenvalue weighted by Crippen LogP contribution is 2.27. The molecular weight excluding hydrogens is 433 g/mol. The molecule has 1 aliphatic rings. The third-order valence-electron chi connectivity index (χ3n) is 3.54. The Kier molecular flexibility index (Phi) is 8.22. The molecule has 0 saturated carbocycles. The van der Waals surface area contributed by atoms with Crippen LogP contribution in [-0.2, 0) is 28.6 Å². The van der Waals surface area contributed by atoms with Crippen molar-refractivity contribution < 1.29 is 28.6 Å². The van der Waals surface area contributed by atoms with E-state index in [0.29, 0.717) is 0 Å². The van der Waals surface area contributed by atoms with Gasteiger partial charge in [0.05, 0.1) is 10.8 Å². The normalized spacial score (nSPS) is 23.1. The van der Waals surface area contributed by atoms with Gasteiger partial charge < -0.3 is 19.5 Å². The SMILES string of the molecule is CC(C)(C)C(=O)OC[C@H]1O[C@@H](NC(=O)C(Cl)(Cl)Cl)C=C[C@@H]1OC(=O)C(C)(C)C. The standard InChI is InChI=1S/C18H26Cl3NO6/c1-16(2,3)14(24)26-9-11-10(28-15(25)17(4,5)6)7-8-12(27-11)22-13(23)18(19,20)21/h7-8,10-12H,9H2,1-6H3,(H,22,23)/t10-,11+,12+/m0/s1. The predicted molar refractivity (Wildman–Crippen MR) is 106 cm³/mol. The first-order valence-corrected chi connectivity index (χ1v) is 9.75. The molecule has 0 aromatic heterocycles. The maximum absolute atomic E-state index is 12.2. The topological polar surface area (TPSA) is 90.9 Å². The first-order valence-electron chi connectivity index (χ1n) is 8.61. The third-order valence-corrected chi connectivity index (χ3v) is 4.06. The van der Waals surface area contributed by atoms with Gasteiger partial charge in [-0.1, -0.05) is 34.8 Å². The number of nitrogens with one attached hydrogen (secondary N) is 1. The summed E-state index contributed by atoms with van der Waals surface area (Å²) in [6, 6.07) is 0. The van der Waals surface area contributed by atoms with Crippen molar-refractivity contribution in [3.05, 3.63) is 12.2 Å². The minimum absolute atomic E-state index is 0.192. The molecule has 7 nitrogen and oxygen atoms in total. The summed E-state index contributed by atoms with van der Waals surface area (Å²) in [5, 5.41) is 2.39. The lowest BCUT2D eigenvalue weighted by Crippen LogP contribution is -2.50. The van der Waals surface area contributed by atoms with Gasteiger partial charge in [-0.25, -0.2) is 0 Å². The molecule has 3 atom stereocenters. The first kappa shape index (κ1) is 25.0. The summed E-state index contributed by atoms with van der Waals surface area (Å²) in [5.41, 5.74) is -1.45. The van der Waals surface area contributed by atoms with Crippen LogP contribution in [-0.4, -0.2) is 46.7 Å². The molecule has 1 N–H and O–H groups in total. The molecule has 0 unspecified atom stereocenters. The largest absolute Gasteiger partial charge is 0.462 e. The van der Waals surface area contributed by atoms with Crippen LogP contribution in [0.25, 0.3) is 0 Å². The van der Waals surface area contributed by atoms with Gasteiger partial charge in [0.1, 0.15) is 25.0 Å². The lowest BCUT2D eigenvalue weighted by molar-refractivity contribution is -0.177. The van der Waals surface area contributed by atoms with Crippen molar-refractivity contribution >= 4 is 52.6 Å². The Bertz CT molecular complexity index is 631. The fourth-order valence-electron chi connectivity index (χ4n) is 1.86. The number of alkyl halides is 3. The number of esters is 2. The summed E-state index contributed by atoms with van der Waals surface area (Å²) in [5.74, 6) is -1.79. The van der Waals surface area contributed by atoms with Crippen molar-refractivity contribution in [2.45, 2.75) is 63.8 Å². The highest BCUT2D eigenvalue weighted by molar-refractivity contribution is 6.76. The molecule has 0 radical (unpaired) electrons. The first-order chi connectivity index (χ1) is 12.5. The van der Waals surface area contributed by atoms with Crippen LogP contribution in [0.2, 0.25) is 0 Å². The molecule has 0 fully saturated rings. The molecule has 1 heterocycles. The maximum atomic E-state index is 12.2. The van der Waals surface area contributed by atoms with Gasteiger partial charge in [0, 0.05) is 0 Å². The van der Waals surface area contributed by atoms with E-state index in [1.807, 2.05) is 0 Å². The number of ether oxygens (including phenoxy) is 3. The van der Waals surface area contributed by atoms with E-state index in [1.54, 1.807) is 41.5 Å². The number of halogens is 3. The molecule has 0 aromatic rings. The van der Waals surface area contributed by atoms with E-state index in [4.69, 9.17) is 49.0 Å². The number of hydrogen-bond acceptors (Lipinski definition) is 6. The van der Waals surface area contributed by atoms with E-state index >= 15 is 0 Å². The Balaban J connectivity index is 2.92. The van der Waals surface area contributed by atoms with Crippen LogP contribution in [0.3, 0.4) is 0 Å². The summed E-state index contributed by atoms with van der Waals surface area (Å²) < 4.78 is 14.3. The Hall–Kier alpha value is -1.02. The number of amides is 1. The van der Waals surface area contributed by atoms with Crippen molar-refractivity contribution in [1.29, 1.82) is 0 Å². The van der Waals surface area contributed by atoms with E-state index in [-0.39, 0.29) is 6.61 Å². The van der Waals surface area contributed by atoms with Crippen molar-refractivity contribution in [3.63, 3.8) is 0 Å². The lowest BCUT2D eigenvalue weighted by atomic mass is 9.97. The Labute approximate surface area is 180 Å². The maximum Gasteiger partial charge on any atom is 0.311 e. The minimum atomic E-state index is -2.17. The van der Waals surface area contributed by atoms with Crippen LogP contribution in [0.15, 0.2) is 12.2 Å². The number of carbonyl (C=O) groups excluding carboxylic acids is 3. The molecule has 0 aliphatic carbocycles. The molecule has 0 saturated heterocycles. The number of carbonyl (C=O) groups is 3. The fraction of sp³-hybridized carbons (Fsp3) is 0.722. The molecule has 1 rings (SSSR count). The smallest absolute Gasteiger partial charge is 0.311 e. The summed E-state index contributed by atoms with van der Waals surface area (Å²) in [6.45, 7) is 10.1. The van der Waals surface area contributed by atoms with Gasteiger partial charge >= 0.3 is 11.9 Å². The van der Waals surface area contributed by atoms with Crippen LogP contribution in [0.1, 0.15) is 41.5 Å². The van der Waals surface area contributed by atoms with Crippen LogP contribution in [0.5, 0.6) is 0 Å². The Morgan fingerprint density at radius 2 is 1.50 bits per heavy atom. The zero-order valence-electron chi connectivity index (χ0n) is 16.7. The zero-order chi connectivity index (χ0) is 21.9. The van der Waals surface area contributed by atoms with Crippen LogP contribution in [0, 0.1) is 10.8 Å². The van der Waals surface area contributed by atoms with Crippen molar-refractivity contribution in [2.75, 3.05) is 6.61 Å². The quantitative estimate of drug-likeness (QED) is 0.395. The average Bonchev–Trinajstić information content (AvgIpc) is 2.51. The molecule has 10 heteroatoms. The van der Waals surface area contributed by atoms with E-state index in [2.05, 4.69) is 5.32 Å². The van der Waals surface area contributed by atoms with Gasteiger partial charge in [0.15, 0.2) is 0 Å². The summed E-state index contributed by atoms with van der Waals surface area (Å²) in [7, 11) is 0. The highest BCUT2D eigenvalue weighted by Gasteiger charge is 2.38. The average molecular weight is 459 g/mol. The monoisotopic (exact) mass is 457 g/mol. The molecule has 0 aromatic carbocycles. The molecule has 1 aliphatic heterocycles. The molecule has 0 spiro atoms. The van der Waals surface area contributed by atoms with E-state index in [9.17, 15) is 14.4 Å². The molecule has 28 heavy (non-hydrogen) atoms. The van der Waals surface area contributed by atoms with Gasteiger partial charge in [-0.2, -0.15) is 0 Å². The number of rotatable bonds is 4. The number of hydrogen-bond donors (Lipinski definition) is 1. The summed E-state index contributed by atoms with van der Waals surface area (Å²) in [6.07, 6.45) is 0.359. The van der Waals surface area contributed by atoms with Gasteiger partial charge in [-0.15, -0.1) is 0 Å². The van der Waals surface area contributed by atoms with Crippen molar-refractivity contribution in [3.8, 4) is 0 Å². The van der Waals surface area contributed by atoms with Gasteiger partial charge in [-0.05, 0) is 53.7 Å². The Morgan fingerprint density at radius 3 is 1.96 bits per heavy atom. The third kappa shape index (κ3) is 7.78. The molecule has 160 valence electrons. The molecule has 0 bridgehead atoms. The van der Waals surface area contributed by atoms with Crippen LogP contribution < -0.4 is 5.32 Å². The minimum Gasteiger partial charge on any atom is -0.462 e. The van der Waals surface area contributed by atoms with E-state index in [1.165, 1.54) is 12.2 Å². The van der Waals surface area contributed by atoms with E-state index < -0.39 is 50.9 Å². The van der Waals surface area contributed by atoms with Gasteiger partial charge in [0.25, 0.3) is 9.70 Å². The van der Waals surface area contributed by atoms with Crippen LogP contribution in [0.4, 0.5) is 0 Å². The fourth-order valence-corrected chi connectivity index (χ4v) is 2.03. The lowest BCUT2D eigenvalue weighted by Gasteiger charge is -2.34. The van der Waals surface area contributed by atoms with Gasteiger partial charge in [0.2, 0.25) is 0 Å². The molecule has 1 amide bonds. The van der Waals surface area contributed by atoms with E-state index in [0.717, 1.165) is 0 Å². The second kappa shape index (κ2) is 9.20. The van der Waals surface area contributed by atoms with Crippen LogP contribution >= 0.6 is 34.8 Å². The van der Waals surface area contributed by atoms with Crippen molar-refractivity contribution in [2.24, 2.45) is 10.8 Å². The predicted octanol–water partition coefficient (Wildman–Crippen LogP) is 3.30. The van der Waals surface area contributed by atoms with Gasteiger partial charge in [-0.3, -0.25) is 14.4 Å².